The molecule has 1 rings (SSSR count). The minimum Gasteiger partial charge on any atom is -0.347 e. The summed E-state index contributed by atoms with van der Waals surface area (Å²) in [5, 5.41) is 2.51. The van der Waals surface area contributed by atoms with E-state index in [9.17, 15) is 8.42 Å². The van der Waals surface area contributed by atoms with Gasteiger partial charge in [-0.15, -0.1) is 0 Å². The Morgan fingerprint density at radius 2 is 1.05 bits per heavy atom. The molecule has 1 aliphatic rings. The maximum Gasteiger partial charge on any atom is 0.264 e. The molecule has 1 heterocycles. The van der Waals surface area contributed by atoms with E-state index in [1.54, 1.807) is 0 Å². The summed E-state index contributed by atoms with van der Waals surface area (Å²) in [4.78, 5) is 0. The van der Waals surface area contributed by atoms with Gasteiger partial charge in [0.05, 0.1) is 25.6 Å². The van der Waals surface area contributed by atoms with Crippen LogP contribution in [0.5, 0.6) is 0 Å². The monoisotopic (exact) mass is 716 g/mol. The third-order valence-corrected chi connectivity index (χ3v) is 13.5. The van der Waals surface area contributed by atoms with Gasteiger partial charge in [-0.1, -0.05) is 90.9 Å². The van der Waals surface area contributed by atoms with Crippen molar-refractivity contribution < 1.29 is 22.1 Å². The van der Waals surface area contributed by atoms with Gasteiger partial charge in [0.25, 0.3) is 10.1 Å². The zero-order valence-electron chi connectivity index (χ0n) is 28.7. The molecule has 1 fully saturated rings. The Morgan fingerprint density at radius 3 is 1.48 bits per heavy atom. The summed E-state index contributed by atoms with van der Waals surface area (Å²) >= 11 is 8.43. The minimum atomic E-state index is -3.42. The van der Waals surface area contributed by atoms with Gasteiger partial charge in [0.1, 0.15) is 0 Å². The van der Waals surface area contributed by atoms with Crippen LogP contribution in [0, 0.1) is 0 Å². The highest BCUT2D eigenvalue weighted by atomic mass is 32.2. The van der Waals surface area contributed by atoms with Gasteiger partial charge in [-0.25, -0.2) is 0 Å². The first-order valence-corrected chi connectivity index (χ1v) is 24.3. The molecule has 1 atom stereocenters. The van der Waals surface area contributed by atoms with E-state index in [-0.39, 0.29) is 12.7 Å². The normalized spacial score (nSPS) is 16.7. The standard InChI is InChI=1S/C34H68O5S5/c1-4-6-18-26-40-31-42-28-20-14-10-8-12-16-23-34(37-30-33(39-34)22-25-38-44(3,35)36)24-17-13-9-11-15-21-29-43-32-41-27-19-7-5-2/h33H,4-32H2,1-3H3. The van der Waals surface area contributed by atoms with E-state index in [4.69, 9.17) is 13.7 Å². The average molecular weight is 717 g/mol. The van der Waals surface area contributed by atoms with Crippen molar-refractivity contribution in [2.45, 2.75) is 161 Å². The van der Waals surface area contributed by atoms with Crippen LogP contribution in [0.1, 0.15) is 149 Å². The van der Waals surface area contributed by atoms with Gasteiger partial charge in [-0.2, -0.15) is 55.5 Å². The smallest absolute Gasteiger partial charge is 0.264 e. The molecule has 0 aromatic heterocycles. The van der Waals surface area contributed by atoms with Crippen LogP contribution in [0.25, 0.3) is 0 Å². The summed E-state index contributed by atoms with van der Waals surface area (Å²) < 4.78 is 40.5. The first kappa shape index (κ1) is 43.3. The number of hydrogen-bond donors (Lipinski definition) is 0. The Morgan fingerprint density at radius 1 is 0.636 bits per heavy atom. The van der Waals surface area contributed by atoms with Crippen molar-refractivity contribution in [2.24, 2.45) is 0 Å². The molecule has 44 heavy (non-hydrogen) atoms. The number of hydrogen-bond acceptors (Lipinski definition) is 9. The molecule has 0 radical (unpaired) electrons. The molecule has 0 amide bonds. The average Bonchev–Trinajstić information content (AvgIpc) is 3.39. The zero-order chi connectivity index (χ0) is 32.0. The lowest BCUT2D eigenvalue weighted by Gasteiger charge is -2.28. The zero-order valence-corrected chi connectivity index (χ0v) is 32.7. The first-order valence-electron chi connectivity index (χ1n) is 17.9. The lowest BCUT2D eigenvalue weighted by Crippen LogP contribution is -2.31. The van der Waals surface area contributed by atoms with Crippen LogP contribution in [-0.4, -0.2) is 73.0 Å². The maximum absolute atomic E-state index is 11.4. The fourth-order valence-electron chi connectivity index (χ4n) is 5.35. The SMILES string of the molecule is CCCCCSCSCCCCCCCCC1(CCCCCCCCSCSCCCCC)OCC(CCOS(C)(=O)=O)O1. The molecule has 1 saturated heterocycles. The van der Waals surface area contributed by atoms with Gasteiger partial charge in [0.15, 0.2) is 5.79 Å². The summed E-state index contributed by atoms with van der Waals surface area (Å²) in [5.41, 5.74) is 0. The Hall–Kier alpha value is 1.23. The Balaban J connectivity index is 2.19. The van der Waals surface area contributed by atoms with E-state index in [0.29, 0.717) is 13.0 Å². The first-order chi connectivity index (χ1) is 21.4. The highest BCUT2D eigenvalue weighted by Gasteiger charge is 2.40. The van der Waals surface area contributed by atoms with Crippen molar-refractivity contribution in [3.8, 4) is 0 Å². The highest BCUT2D eigenvalue weighted by molar-refractivity contribution is 8.16. The predicted molar refractivity (Wildman–Crippen MR) is 202 cm³/mol. The van der Waals surface area contributed by atoms with Crippen molar-refractivity contribution in [2.75, 3.05) is 52.7 Å². The second-order valence-electron chi connectivity index (χ2n) is 12.3. The molecule has 1 unspecified atom stereocenters. The number of ether oxygens (including phenoxy) is 2. The fourth-order valence-corrected chi connectivity index (χ4v) is 10.2. The largest absolute Gasteiger partial charge is 0.347 e. The molecule has 10 heteroatoms. The van der Waals surface area contributed by atoms with Crippen molar-refractivity contribution in [3.63, 3.8) is 0 Å². The summed E-state index contributed by atoms with van der Waals surface area (Å²) in [6, 6.07) is 0. The second-order valence-corrected chi connectivity index (χ2v) is 19.1. The predicted octanol–water partition coefficient (Wildman–Crippen LogP) is 11.2. The summed E-state index contributed by atoms with van der Waals surface area (Å²) in [6.45, 7) is 5.24. The van der Waals surface area contributed by atoms with Crippen molar-refractivity contribution in [1.82, 2.24) is 0 Å². The van der Waals surface area contributed by atoms with Gasteiger partial charge < -0.3 is 9.47 Å². The molecule has 0 N–H and O–H groups in total. The Bertz CT molecular complexity index is 693. The molecule has 0 bridgehead atoms. The van der Waals surface area contributed by atoms with Crippen LogP contribution in [0.15, 0.2) is 0 Å². The lowest BCUT2D eigenvalue weighted by atomic mass is 9.99. The third-order valence-electron chi connectivity index (χ3n) is 7.96. The number of thioether (sulfide) groups is 4. The van der Waals surface area contributed by atoms with Gasteiger partial charge in [-0.3, -0.25) is 4.18 Å². The molecule has 0 aromatic rings. The molecular formula is C34H68O5S5. The molecule has 0 saturated carbocycles. The van der Waals surface area contributed by atoms with E-state index >= 15 is 0 Å². The number of unbranched alkanes of at least 4 members (excludes halogenated alkanes) is 14. The van der Waals surface area contributed by atoms with Gasteiger partial charge in [-0.05, 0) is 61.5 Å². The molecule has 264 valence electrons. The van der Waals surface area contributed by atoms with E-state index in [1.807, 2.05) is 0 Å². The molecule has 1 aliphatic heterocycles. The van der Waals surface area contributed by atoms with E-state index in [2.05, 4.69) is 60.9 Å². The van der Waals surface area contributed by atoms with Crippen molar-refractivity contribution in [1.29, 1.82) is 0 Å². The fraction of sp³-hybridized carbons (Fsp3) is 1.00. The van der Waals surface area contributed by atoms with E-state index < -0.39 is 15.9 Å². The van der Waals surface area contributed by atoms with Crippen LogP contribution in [0.3, 0.4) is 0 Å². The summed E-state index contributed by atoms with van der Waals surface area (Å²) in [7, 11) is -3.42. The van der Waals surface area contributed by atoms with Crippen LogP contribution < -0.4 is 0 Å². The third kappa shape index (κ3) is 27.2. The van der Waals surface area contributed by atoms with Crippen LogP contribution in [0.2, 0.25) is 0 Å². The van der Waals surface area contributed by atoms with Crippen LogP contribution >= 0.6 is 47.0 Å². The van der Waals surface area contributed by atoms with Crippen LogP contribution in [-0.2, 0) is 23.8 Å². The van der Waals surface area contributed by atoms with Gasteiger partial charge >= 0.3 is 0 Å². The van der Waals surface area contributed by atoms with E-state index in [1.165, 1.54) is 136 Å². The molecular weight excluding hydrogens is 649 g/mol. The lowest BCUT2D eigenvalue weighted by molar-refractivity contribution is -0.180. The Kier molecular flexibility index (Phi) is 29.8. The number of rotatable bonds is 34. The second kappa shape index (κ2) is 30.3. The highest BCUT2D eigenvalue weighted by Crippen LogP contribution is 2.35. The molecule has 0 spiro atoms. The summed E-state index contributed by atoms with van der Waals surface area (Å²) in [5.74, 6) is 4.75. The summed E-state index contributed by atoms with van der Waals surface area (Å²) in [6.07, 6.45) is 26.8. The van der Waals surface area contributed by atoms with E-state index in [0.717, 1.165) is 31.9 Å². The molecule has 5 nitrogen and oxygen atoms in total. The van der Waals surface area contributed by atoms with Gasteiger partial charge in [0.2, 0.25) is 0 Å². The van der Waals surface area contributed by atoms with Crippen LogP contribution in [0.4, 0.5) is 0 Å². The topological polar surface area (TPSA) is 61.8 Å². The minimum absolute atomic E-state index is 0.0821. The quantitative estimate of drug-likeness (QED) is 0.0368. The molecule has 0 aliphatic carbocycles. The Labute approximate surface area is 290 Å². The maximum atomic E-state index is 11.4. The van der Waals surface area contributed by atoms with Crippen molar-refractivity contribution >= 4 is 57.2 Å². The van der Waals surface area contributed by atoms with Gasteiger partial charge in [0, 0.05) is 29.4 Å². The molecule has 0 aromatic carbocycles. The van der Waals surface area contributed by atoms with Crippen molar-refractivity contribution in [3.05, 3.63) is 0 Å².